The average molecular weight is 805 g/mol. The second-order valence-corrected chi connectivity index (χ2v) is 16.5. The van der Waals surface area contributed by atoms with Crippen molar-refractivity contribution in [1.82, 2.24) is 0 Å². The molecule has 0 aliphatic heterocycles. The van der Waals surface area contributed by atoms with Crippen molar-refractivity contribution in [2.75, 3.05) is 9.80 Å². The molecule has 1 unspecified atom stereocenters. The first-order valence-corrected chi connectivity index (χ1v) is 21.8. The molecule has 306 valence electrons. The summed E-state index contributed by atoms with van der Waals surface area (Å²) in [5.74, 6) is 0. The van der Waals surface area contributed by atoms with Crippen molar-refractivity contribution in [3.63, 3.8) is 0 Å². The summed E-state index contributed by atoms with van der Waals surface area (Å²) in [6, 6.07) is 57.4. The molecule has 0 heterocycles. The number of hydrogen-bond acceptors (Lipinski definition) is 2. The predicted octanol–water partition coefficient (Wildman–Crippen LogP) is 16.3. The van der Waals surface area contributed by atoms with Crippen LogP contribution in [0.4, 0.5) is 22.7 Å². The number of hydrogen-bond donors (Lipinski definition) is 0. The van der Waals surface area contributed by atoms with Crippen LogP contribution in [0.5, 0.6) is 0 Å². The molecule has 0 spiro atoms. The topological polar surface area (TPSA) is 6.48 Å². The van der Waals surface area contributed by atoms with Crippen molar-refractivity contribution < 1.29 is 0 Å². The van der Waals surface area contributed by atoms with Crippen molar-refractivity contribution in [1.29, 1.82) is 0 Å². The first kappa shape index (κ1) is 41.6. The lowest BCUT2D eigenvalue weighted by Gasteiger charge is -2.33. The van der Waals surface area contributed by atoms with E-state index in [9.17, 15) is 0 Å². The maximum absolute atomic E-state index is 4.18. The summed E-state index contributed by atoms with van der Waals surface area (Å²) >= 11 is 0. The molecule has 0 aromatic heterocycles. The molecule has 6 aromatic carbocycles. The SMILES string of the molecule is C=CC(C)=C(C=C(C)Cc1ccc(N(c2ccc(-c3ccccc3)cc2)C2C=CC(C)=CC2)cc1)c1ccc(N(C2=CC=C(c3ccccc3)C=CC2)c2ccc(C)cc2)cc1. The van der Waals surface area contributed by atoms with Gasteiger partial charge in [-0.2, -0.15) is 0 Å². The predicted molar refractivity (Wildman–Crippen MR) is 268 cm³/mol. The van der Waals surface area contributed by atoms with E-state index in [2.05, 4.69) is 250 Å². The standard InChI is InChI=1S/C60H56N2/c1-6-47(5)60(53-29-40-59(41-30-53)61(55-31-20-44(2)21-32-55)54-19-13-18-51(26-37-54)49-14-9-7-10-15-49)43-46(4)42-48-24-35-57(36-25-48)62(56-33-22-45(3)23-34-56)58-38-27-52(28-39-58)50-16-11-8-12-17-50/h6-18,20-33,35-41,43,56H,1,19,34,42H2,2-5H3. The summed E-state index contributed by atoms with van der Waals surface area (Å²) in [6.45, 7) is 12.9. The normalized spacial score (nSPS) is 15.5. The molecule has 0 bridgehead atoms. The minimum Gasteiger partial charge on any atom is -0.334 e. The third-order valence-corrected chi connectivity index (χ3v) is 11.9. The Balaban J connectivity index is 1.03. The molecule has 6 aromatic rings. The Morgan fingerprint density at radius 1 is 0.629 bits per heavy atom. The molecule has 0 fully saturated rings. The van der Waals surface area contributed by atoms with Gasteiger partial charge in [0, 0.05) is 34.9 Å². The molecular weight excluding hydrogens is 749 g/mol. The fourth-order valence-electron chi connectivity index (χ4n) is 8.38. The molecule has 0 saturated carbocycles. The zero-order valence-electron chi connectivity index (χ0n) is 36.5. The van der Waals surface area contributed by atoms with Crippen molar-refractivity contribution in [2.24, 2.45) is 0 Å². The van der Waals surface area contributed by atoms with Crippen molar-refractivity contribution in [3.05, 3.63) is 264 Å². The third kappa shape index (κ3) is 9.89. The lowest BCUT2D eigenvalue weighted by atomic mass is 9.95. The molecule has 2 nitrogen and oxygen atoms in total. The largest absolute Gasteiger partial charge is 0.334 e. The second-order valence-electron chi connectivity index (χ2n) is 16.5. The van der Waals surface area contributed by atoms with Crippen LogP contribution in [0.1, 0.15) is 55.9 Å². The highest BCUT2D eigenvalue weighted by Gasteiger charge is 2.21. The highest BCUT2D eigenvalue weighted by atomic mass is 15.2. The molecule has 62 heavy (non-hydrogen) atoms. The Labute approximate surface area is 369 Å². The van der Waals surface area contributed by atoms with Gasteiger partial charge in [0.25, 0.3) is 0 Å². The van der Waals surface area contributed by atoms with Gasteiger partial charge in [-0.1, -0.05) is 181 Å². The lowest BCUT2D eigenvalue weighted by Crippen LogP contribution is -2.30. The molecule has 1 atom stereocenters. The van der Waals surface area contributed by atoms with E-state index in [1.807, 2.05) is 6.08 Å². The number of benzene rings is 6. The molecule has 0 radical (unpaired) electrons. The number of allylic oxidation sites excluding steroid dienone is 12. The lowest BCUT2D eigenvalue weighted by molar-refractivity contribution is 0.779. The van der Waals surface area contributed by atoms with E-state index in [0.29, 0.717) is 0 Å². The molecule has 0 N–H and O–H groups in total. The number of aryl methyl sites for hydroxylation is 1. The van der Waals surface area contributed by atoms with Gasteiger partial charge in [0.2, 0.25) is 0 Å². The maximum Gasteiger partial charge on any atom is 0.0560 e. The highest BCUT2D eigenvalue weighted by molar-refractivity contribution is 5.81. The molecule has 8 rings (SSSR count). The quantitative estimate of drug-likeness (QED) is 0.107. The maximum atomic E-state index is 4.18. The molecule has 2 aliphatic carbocycles. The molecular formula is C60H56N2. The monoisotopic (exact) mass is 804 g/mol. The van der Waals surface area contributed by atoms with Crippen LogP contribution in [0.3, 0.4) is 0 Å². The summed E-state index contributed by atoms with van der Waals surface area (Å²) in [5.41, 5.74) is 19.4. The molecule has 0 amide bonds. The van der Waals surface area contributed by atoms with Crippen LogP contribution in [0, 0.1) is 6.92 Å². The van der Waals surface area contributed by atoms with E-state index in [4.69, 9.17) is 0 Å². The zero-order valence-corrected chi connectivity index (χ0v) is 36.5. The Bertz CT molecular complexity index is 2700. The number of nitrogens with zero attached hydrogens (tertiary/aromatic N) is 2. The number of anilines is 4. The first-order valence-electron chi connectivity index (χ1n) is 21.8. The fourth-order valence-corrected chi connectivity index (χ4v) is 8.38. The second kappa shape index (κ2) is 19.5. The van der Waals surface area contributed by atoms with E-state index < -0.39 is 0 Å². The molecule has 2 aliphatic rings. The van der Waals surface area contributed by atoms with Crippen molar-refractivity contribution >= 4 is 33.9 Å². The average Bonchev–Trinajstić information content (AvgIpc) is 3.57. The van der Waals surface area contributed by atoms with Crippen LogP contribution in [0.25, 0.3) is 22.3 Å². The minimum absolute atomic E-state index is 0.240. The Hall–Kier alpha value is -7.16. The van der Waals surface area contributed by atoms with Crippen LogP contribution in [0.15, 0.2) is 241 Å². The Kier molecular flexibility index (Phi) is 13.1. The minimum atomic E-state index is 0.240. The highest BCUT2D eigenvalue weighted by Crippen LogP contribution is 2.37. The first-order chi connectivity index (χ1) is 30.3. The van der Waals surface area contributed by atoms with Crippen LogP contribution in [-0.4, -0.2) is 6.04 Å². The van der Waals surface area contributed by atoms with Crippen molar-refractivity contribution in [3.8, 4) is 11.1 Å². The fraction of sp³-hybridized carbons (Fsp3) is 0.133. The van der Waals surface area contributed by atoms with Gasteiger partial charge in [0.1, 0.15) is 0 Å². The molecule has 0 saturated heterocycles. The summed E-state index contributed by atoms with van der Waals surface area (Å²) in [5, 5.41) is 0. The van der Waals surface area contributed by atoms with Gasteiger partial charge in [-0.15, -0.1) is 0 Å². The van der Waals surface area contributed by atoms with Crippen molar-refractivity contribution in [2.45, 2.75) is 53.0 Å². The van der Waals surface area contributed by atoms with Gasteiger partial charge >= 0.3 is 0 Å². The van der Waals surface area contributed by atoms with Gasteiger partial charge in [0.05, 0.1) is 6.04 Å². The van der Waals surface area contributed by atoms with Gasteiger partial charge in [0.15, 0.2) is 0 Å². The van der Waals surface area contributed by atoms with Crippen LogP contribution >= 0.6 is 0 Å². The Morgan fingerprint density at radius 3 is 1.82 bits per heavy atom. The Morgan fingerprint density at radius 2 is 1.21 bits per heavy atom. The smallest absolute Gasteiger partial charge is 0.0560 e. The van der Waals surface area contributed by atoms with E-state index >= 15 is 0 Å². The van der Waals surface area contributed by atoms with E-state index in [0.717, 1.165) is 36.2 Å². The van der Waals surface area contributed by atoms with Crippen LogP contribution in [-0.2, 0) is 6.42 Å². The summed E-state index contributed by atoms with van der Waals surface area (Å²) in [4.78, 5) is 4.86. The van der Waals surface area contributed by atoms with Crippen LogP contribution in [0.2, 0.25) is 0 Å². The van der Waals surface area contributed by atoms with E-state index in [1.54, 1.807) is 0 Å². The zero-order chi connectivity index (χ0) is 42.8. The summed E-state index contributed by atoms with van der Waals surface area (Å²) < 4.78 is 0. The van der Waals surface area contributed by atoms with Gasteiger partial charge in [-0.25, -0.2) is 0 Å². The van der Waals surface area contributed by atoms with Gasteiger partial charge in [-0.05, 0) is 140 Å². The van der Waals surface area contributed by atoms with E-state index in [1.165, 1.54) is 72.7 Å². The summed E-state index contributed by atoms with van der Waals surface area (Å²) in [7, 11) is 0. The van der Waals surface area contributed by atoms with Crippen LogP contribution < -0.4 is 9.80 Å². The number of rotatable bonds is 13. The molecule has 2 heteroatoms. The third-order valence-electron chi connectivity index (χ3n) is 11.9. The van der Waals surface area contributed by atoms with Gasteiger partial charge in [-0.3, -0.25) is 0 Å². The van der Waals surface area contributed by atoms with Gasteiger partial charge < -0.3 is 9.80 Å². The summed E-state index contributed by atoms with van der Waals surface area (Å²) in [6.07, 6.45) is 22.9. The van der Waals surface area contributed by atoms with E-state index in [-0.39, 0.29) is 6.04 Å².